The van der Waals surface area contributed by atoms with Crippen LogP contribution in [0.4, 0.5) is 0 Å². The number of benzene rings is 1. The number of rotatable bonds is 6. The summed E-state index contributed by atoms with van der Waals surface area (Å²) in [4.78, 5) is 24.7. The predicted octanol–water partition coefficient (Wildman–Crippen LogP) is 2.67. The standard InChI is InChI=1S/C20H25N3O4/c1-12(2)27-18-6-5-14(9-16(18)13(3)24)20(25)22-17-7-8-26-19(17)15-10-21-23(4)11-15/h5-6,9-12,17,19H,7-8H2,1-4H3,(H,22,25)/t17-,19+/m1/s1. The van der Waals surface area contributed by atoms with Crippen molar-refractivity contribution >= 4 is 11.7 Å². The number of hydrogen-bond donors (Lipinski definition) is 1. The van der Waals surface area contributed by atoms with E-state index in [1.54, 1.807) is 29.1 Å². The van der Waals surface area contributed by atoms with Crippen molar-refractivity contribution in [3.63, 3.8) is 0 Å². The Bertz CT molecular complexity index is 844. The molecule has 144 valence electrons. The third kappa shape index (κ3) is 4.36. The first-order valence-corrected chi connectivity index (χ1v) is 9.08. The normalized spacial score (nSPS) is 19.3. The SMILES string of the molecule is CC(=O)c1cc(C(=O)N[C@@H]2CCO[C@H]2c2cnn(C)c2)ccc1OC(C)C. The maximum atomic E-state index is 12.8. The molecule has 7 heteroatoms. The topological polar surface area (TPSA) is 82.5 Å². The molecule has 1 saturated heterocycles. The van der Waals surface area contributed by atoms with Crippen LogP contribution in [0, 0.1) is 0 Å². The number of aromatic nitrogens is 2. The molecule has 1 amide bonds. The molecule has 2 heterocycles. The van der Waals surface area contributed by atoms with Gasteiger partial charge >= 0.3 is 0 Å². The molecule has 7 nitrogen and oxygen atoms in total. The fourth-order valence-electron chi connectivity index (χ4n) is 3.21. The monoisotopic (exact) mass is 371 g/mol. The summed E-state index contributed by atoms with van der Waals surface area (Å²) in [5, 5.41) is 7.20. The molecule has 0 radical (unpaired) electrons. The first-order valence-electron chi connectivity index (χ1n) is 9.08. The van der Waals surface area contributed by atoms with Crippen LogP contribution in [0.2, 0.25) is 0 Å². The van der Waals surface area contributed by atoms with Gasteiger partial charge in [0.25, 0.3) is 5.91 Å². The van der Waals surface area contributed by atoms with Crippen molar-refractivity contribution in [2.45, 2.75) is 45.4 Å². The van der Waals surface area contributed by atoms with E-state index in [0.29, 0.717) is 23.5 Å². The van der Waals surface area contributed by atoms with Crippen molar-refractivity contribution in [1.82, 2.24) is 15.1 Å². The third-order valence-corrected chi connectivity index (χ3v) is 4.45. The lowest BCUT2D eigenvalue weighted by Crippen LogP contribution is -2.36. The molecule has 0 saturated carbocycles. The van der Waals surface area contributed by atoms with Crippen LogP contribution >= 0.6 is 0 Å². The quantitative estimate of drug-likeness (QED) is 0.790. The second-order valence-corrected chi connectivity index (χ2v) is 7.04. The fourth-order valence-corrected chi connectivity index (χ4v) is 3.21. The summed E-state index contributed by atoms with van der Waals surface area (Å²) in [6.45, 7) is 5.82. The second-order valence-electron chi connectivity index (χ2n) is 7.04. The lowest BCUT2D eigenvalue weighted by Gasteiger charge is -2.19. The highest BCUT2D eigenvalue weighted by molar-refractivity contribution is 6.01. The summed E-state index contributed by atoms with van der Waals surface area (Å²) >= 11 is 0. The second kappa shape index (κ2) is 7.92. The Hall–Kier alpha value is -2.67. The first kappa shape index (κ1) is 19.1. The zero-order valence-electron chi connectivity index (χ0n) is 16.1. The van der Waals surface area contributed by atoms with E-state index in [0.717, 1.165) is 12.0 Å². The van der Waals surface area contributed by atoms with E-state index < -0.39 is 0 Å². The van der Waals surface area contributed by atoms with Gasteiger partial charge in [-0.25, -0.2) is 0 Å². The number of nitrogens with zero attached hydrogens (tertiary/aromatic N) is 2. The van der Waals surface area contributed by atoms with Crippen LogP contribution in [0.1, 0.15) is 59.6 Å². The Balaban J connectivity index is 1.77. The zero-order valence-corrected chi connectivity index (χ0v) is 16.1. The number of nitrogens with one attached hydrogen (secondary N) is 1. The highest BCUT2D eigenvalue weighted by Crippen LogP contribution is 2.29. The average molecular weight is 371 g/mol. The molecule has 1 aliphatic heterocycles. The van der Waals surface area contributed by atoms with E-state index in [1.807, 2.05) is 27.1 Å². The summed E-state index contributed by atoms with van der Waals surface area (Å²) < 4.78 is 13.2. The van der Waals surface area contributed by atoms with Gasteiger partial charge in [-0.3, -0.25) is 14.3 Å². The molecule has 0 spiro atoms. The van der Waals surface area contributed by atoms with Gasteiger partial charge in [0.2, 0.25) is 0 Å². The molecular formula is C20H25N3O4. The zero-order chi connectivity index (χ0) is 19.6. The largest absolute Gasteiger partial charge is 0.490 e. The van der Waals surface area contributed by atoms with Gasteiger partial charge in [-0.15, -0.1) is 0 Å². The van der Waals surface area contributed by atoms with Crippen molar-refractivity contribution in [1.29, 1.82) is 0 Å². The smallest absolute Gasteiger partial charge is 0.251 e. The van der Waals surface area contributed by atoms with Gasteiger partial charge in [0, 0.05) is 31.0 Å². The van der Waals surface area contributed by atoms with Gasteiger partial charge in [0.15, 0.2) is 5.78 Å². The number of Topliss-reactive ketones (excluding diaryl/α,β-unsaturated/α-hetero) is 1. The molecular weight excluding hydrogens is 346 g/mol. The van der Waals surface area contributed by atoms with Crippen molar-refractivity contribution in [3.8, 4) is 5.75 Å². The van der Waals surface area contributed by atoms with Gasteiger partial charge in [-0.1, -0.05) is 0 Å². The highest BCUT2D eigenvalue weighted by atomic mass is 16.5. The van der Waals surface area contributed by atoms with E-state index in [9.17, 15) is 9.59 Å². The van der Waals surface area contributed by atoms with Crippen LogP contribution in [0.25, 0.3) is 0 Å². The summed E-state index contributed by atoms with van der Waals surface area (Å²) in [5.41, 5.74) is 1.77. The number of ketones is 1. The van der Waals surface area contributed by atoms with E-state index in [4.69, 9.17) is 9.47 Å². The van der Waals surface area contributed by atoms with Gasteiger partial charge < -0.3 is 14.8 Å². The lowest BCUT2D eigenvalue weighted by atomic mass is 10.0. The molecule has 0 bridgehead atoms. The Morgan fingerprint density at radius 3 is 2.78 bits per heavy atom. The van der Waals surface area contributed by atoms with E-state index in [1.165, 1.54) is 6.92 Å². The van der Waals surface area contributed by atoms with E-state index >= 15 is 0 Å². The number of carbonyl (C=O) groups excluding carboxylic acids is 2. The lowest BCUT2D eigenvalue weighted by molar-refractivity contribution is 0.0821. The van der Waals surface area contributed by atoms with Crippen LogP contribution in [0.5, 0.6) is 5.75 Å². The summed E-state index contributed by atoms with van der Waals surface area (Å²) in [7, 11) is 1.84. The molecule has 0 aliphatic carbocycles. The minimum Gasteiger partial charge on any atom is -0.490 e. The summed E-state index contributed by atoms with van der Waals surface area (Å²) in [6, 6.07) is 4.79. The number of carbonyl (C=O) groups is 2. The fraction of sp³-hybridized carbons (Fsp3) is 0.450. The van der Waals surface area contributed by atoms with Crippen molar-refractivity contribution in [2.75, 3.05) is 6.61 Å². The van der Waals surface area contributed by atoms with Crippen LogP contribution < -0.4 is 10.1 Å². The molecule has 1 fully saturated rings. The number of aryl methyl sites for hydroxylation is 1. The Kier molecular flexibility index (Phi) is 5.60. The molecule has 27 heavy (non-hydrogen) atoms. The van der Waals surface area contributed by atoms with Gasteiger partial charge in [-0.05, 0) is 45.4 Å². The van der Waals surface area contributed by atoms with Crippen LogP contribution in [0.3, 0.4) is 0 Å². The molecule has 2 atom stereocenters. The van der Waals surface area contributed by atoms with Crippen molar-refractivity contribution < 1.29 is 19.1 Å². The third-order valence-electron chi connectivity index (χ3n) is 4.45. The maximum absolute atomic E-state index is 12.8. The molecule has 1 N–H and O–H groups in total. The van der Waals surface area contributed by atoms with Crippen molar-refractivity contribution in [2.24, 2.45) is 7.05 Å². The van der Waals surface area contributed by atoms with Crippen LogP contribution in [-0.4, -0.2) is 40.2 Å². The minimum absolute atomic E-state index is 0.0568. The molecule has 1 aliphatic rings. The average Bonchev–Trinajstić information content (AvgIpc) is 3.23. The Labute approximate surface area is 158 Å². The first-order chi connectivity index (χ1) is 12.8. The number of amides is 1. The van der Waals surface area contributed by atoms with Gasteiger partial charge in [0.05, 0.1) is 23.9 Å². The summed E-state index contributed by atoms with van der Waals surface area (Å²) in [6.07, 6.45) is 4.08. The predicted molar refractivity (Wildman–Crippen MR) is 100.0 cm³/mol. The molecule has 2 aromatic rings. The molecule has 1 aromatic heterocycles. The Morgan fingerprint density at radius 2 is 2.15 bits per heavy atom. The van der Waals surface area contributed by atoms with E-state index in [2.05, 4.69) is 10.4 Å². The van der Waals surface area contributed by atoms with Gasteiger partial charge in [-0.2, -0.15) is 5.10 Å². The molecule has 0 unspecified atom stereocenters. The number of hydrogen-bond acceptors (Lipinski definition) is 5. The highest BCUT2D eigenvalue weighted by Gasteiger charge is 2.32. The van der Waals surface area contributed by atoms with Crippen LogP contribution in [-0.2, 0) is 11.8 Å². The van der Waals surface area contributed by atoms with Crippen LogP contribution in [0.15, 0.2) is 30.6 Å². The summed E-state index contributed by atoms with van der Waals surface area (Å²) in [5.74, 6) is 0.113. The van der Waals surface area contributed by atoms with E-state index in [-0.39, 0.29) is 29.9 Å². The maximum Gasteiger partial charge on any atom is 0.251 e. The minimum atomic E-state index is -0.238. The Morgan fingerprint density at radius 1 is 1.37 bits per heavy atom. The van der Waals surface area contributed by atoms with Crippen molar-refractivity contribution in [3.05, 3.63) is 47.3 Å². The molecule has 1 aromatic carbocycles. The molecule has 3 rings (SSSR count). The number of ether oxygens (including phenoxy) is 2. The van der Waals surface area contributed by atoms with Gasteiger partial charge in [0.1, 0.15) is 11.9 Å².